The zero-order chi connectivity index (χ0) is 9.68. The number of rotatable bonds is 4. The SMILES string of the molecule is Cc1ccc(CCN(N)[C]=O)cc1. The van der Waals surface area contributed by atoms with Crippen LogP contribution < -0.4 is 5.84 Å². The Morgan fingerprint density at radius 2 is 2.00 bits per heavy atom. The molecule has 0 saturated heterocycles. The molecule has 0 unspecified atom stereocenters. The van der Waals surface area contributed by atoms with E-state index in [0.717, 1.165) is 11.4 Å². The van der Waals surface area contributed by atoms with Crippen molar-refractivity contribution in [1.29, 1.82) is 0 Å². The predicted molar refractivity (Wildman–Crippen MR) is 51.5 cm³/mol. The minimum atomic E-state index is 0.507. The fourth-order valence-electron chi connectivity index (χ4n) is 1.05. The molecule has 69 valence electrons. The number of nitrogens with zero attached hydrogens (tertiary/aromatic N) is 1. The molecule has 0 aliphatic rings. The third kappa shape index (κ3) is 3.25. The normalized spacial score (nSPS) is 9.69. The van der Waals surface area contributed by atoms with Gasteiger partial charge in [-0.15, -0.1) is 0 Å². The van der Waals surface area contributed by atoms with E-state index in [1.165, 1.54) is 11.1 Å². The lowest BCUT2D eigenvalue weighted by Crippen LogP contribution is -2.31. The largest absolute Gasteiger partial charge is 0.327 e. The molecule has 3 nitrogen and oxygen atoms in total. The second-order valence-electron chi connectivity index (χ2n) is 3.02. The summed E-state index contributed by atoms with van der Waals surface area (Å²) in [7, 11) is 0. The lowest BCUT2D eigenvalue weighted by molar-refractivity contribution is 0.395. The molecular weight excluding hydrogens is 164 g/mol. The highest BCUT2D eigenvalue weighted by molar-refractivity contribution is 5.46. The first-order chi connectivity index (χ1) is 6.22. The van der Waals surface area contributed by atoms with Gasteiger partial charge in [0.2, 0.25) is 0 Å². The van der Waals surface area contributed by atoms with Crippen LogP contribution in [0.4, 0.5) is 0 Å². The van der Waals surface area contributed by atoms with E-state index >= 15 is 0 Å². The first-order valence-electron chi connectivity index (χ1n) is 4.18. The molecule has 3 heteroatoms. The number of carbonyl (C=O) groups excluding carboxylic acids is 1. The molecule has 0 spiro atoms. The van der Waals surface area contributed by atoms with E-state index in [1.54, 1.807) is 6.41 Å². The molecule has 0 atom stereocenters. The van der Waals surface area contributed by atoms with E-state index in [0.29, 0.717) is 6.54 Å². The smallest absolute Gasteiger partial charge is 0.272 e. The van der Waals surface area contributed by atoms with Gasteiger partial charge in [-0.25, -0.2) is 5.84 Å². The molecule has 1 aromatic rings. The highest BCUT2D eigenvalue weighted by Crippen LogP contribution is 2.03. The van der Waals surface area contributed by atoms with Gasteiger partial charge in [-0.3, -0.25) is 9.80 Å². The van der Waals surface area contributed by atoms with Gasteiger partial charge in [0.15, 0.2) is 0 Å². The van der Waals surface area contributed by atoms with Gasteiger partial charge in [0, 0.05) is 6.54 Å². The zero-order valence-corrected chi connectivity index (χ0v) is 7.66. The van der Waals surface area contributed by atoms with Gasteiger partial charge in [0.25, 0.3) is 0 Å². The second-order valence-corrected chi connectivity index (χ2v) is 3.02. The summed E-state index contributed by atoms with van der Waals surface area (Å²) in [6.45, 7) is 2.55. The van der Waals surface area contributed by atoms with Gasteiger partial charge < -0.3 is 0 Å². The van der Waals surface area contributed by atoms with Crippen molar-refractivity contribution in [2.45, 2.75) is 13.3 Å². The summed E-state index contributed by atoms with van der Waals surface area (Å²) in [6, 6.07) is 8.16. The Bertz CT molecular complexity index is 269. The molecule has 1 rings (SSSR count). The molecule has 0 aliphatic carbocycles. The van der Waals surface area contributed by atoms with Crippen molar-refractivity contribution in [3.05, 3.63) is 35.4 Å². The fraction of sp³-hybridized carbons (Fsp3) is 0.300. The van der Waals surface area contributed by atoms with Gasteiger partial charge >= 0.3 is 6.41 Å². The summed E-state index contributed by atoms with van der Waals surface area (Å²) in [5.74, 6) is 5.26. The molecule has 0 saturated carbocycles. The van der Waals surface area contributed by atoms with Crippen molar-refractivity contribution in [2.75, 3.05) is 6.54 Å². The van der Waals surface area contributed by atoms with Gasteiger partial charge in [-0.1, -0.05) is 29.8 Å². The van der Waals surface area contributed by atoms with Crippen LogP contribution in [0.3, 0.4) is 0 Å². The lowest BCUT2D eigenvalue weighted by atomic mass is 10.1. The highest BCUT2D eigenvalue weighted by atomic mass is 16.1. The van der Waals surface area contributed by atoms with Crippen LogP contribution in [-0.2, 0) is 11.2 Å². The average molecular weight is 177 g/mol. The number of nitrogens with two attached hydrogens (primary N) is 1. The molecule has 2 N–H and O–H groups in total. The average Bonchev–Trinajstić information content (AvgIpc) is 2.16. The van der Waals surface area contributed by atoms with Crippen LogP contribution >= 0.6 is 0 Å². The molecule has 13 heavy (non-hydrogen) atoms. The van der Waals surface area contributed by atoms with Crippen molar-refractivity contribution < 1.29 is 4.79 Å². The van der Waals surface area contributed by atoms with Crippen molar-refractivity contribution >= 4 is 6.41 Å². The quantitative estimate of drug-likeness (QED) is 0.320. The Hall–Kier alpha value is -1.35. The second kappa shape index (κ2) is 4.62. The monoisotopic (exact) mass is 177 g/mol. The van der Waals surface area contributed by atoms with E-state index in [1.807, 2.05) is 31.2 Å². The van der Waals surface area contributed by atoms with Crippen LogP contribution in [0.2, 0.25) is 0 Å². The van der Waals surface area contributed by atoms with Crippen LogP contribution in [0.5, 0.6) is 0 Å². The minimum absolute atomic E-state index is 0.507. The van der Waals surface area contributed by atoms with Crippen molar-refractivity contribution in [3.63, 3.8) is 0 Å². The molecule has 0 aliphatic heterocycles. The third-order valence-corrected chi connectivity index (χ3v) is 1.88. The van der Waals surface area contributed by atoms with Crippen LogP contribution in [0, 0.1) is 6.92 Å². The summed E-state index contributed by atoms with van der Waals surface area (Å²) >= 11 is 0. The number of aryl methyl sites for hydroxylation is 1. The third-order valence-electron chi connectivity index (χ3n) is 1.88. The number of benzene rings is 1. The Labute approximate surface area is 78.1 Å². The number of hydrogen-bond acceptors (Lipinski definition) is 2. The van der Waals surface area contributed by atoms with E-state index in [-0.39, 0.29) is 0 Å². The fourth-order valence-corrected chi connectivity index (χ4v) is 1.05. The van der Waals surface area contributed by atoms with Gasteiger partial charge in [0.1, 0.15) is 0 Å². The molecule has 1 radical (unpaired) electrons. The van der Waals surface area contributed by atoms with Crippen molar-refractivity contribution in [3.8, 4) is 0 Å². The van der Waals surface area contributed by atoms with Crippen molar-refractivity contribution in [1.82, 2.24) is 5.01 Å². The molecule has 0 bridgehead atoms. The maximum atomic E-state index is 10.1. The van der Waals surface area contributed by atoms with Gasteiger partial charge in [-0.05, 0) is 18.9 Å². The molecule has 0 aromatic heterocycles. The Morgan fingerprint density at radius 3 is 2.54 bits per heavy atom. The van der Waals surface area contributed by atoms with E-state index in [9.17, 15) is 4.79 Å². The molecule has 0 fully saturated rings. The number of amides is 1. The van der Waals surface area contributed by atoms with Crippen LogP contribution in [0.25, 0.3) is 0 Å². The van der Waals surface area contributed by atoms with Crippen LogP contribution in [0.15, 0.2) is 24.3 Å². The summed E-state index contributed by atoms with van der Waals surface area (Å²) in [4.78, 5) is 10.1. The summed E-state index contributed by atoms with van der Waals surface area (Å²) in [6.07, 6.45) is 2.38. The van der Waals surface area contributed by atoms with Crippen LogP contribution in [0.1, 0.15) is 11.1 Å². The first-order valence-corrected chi connectivity index (χ1v) is 4.18. The lowest BCUT2D eigenvalue weighted by Gasteiger charge is -2.08. The number of hydrogen-bond donors (Lipinski definition) is 1. The highest BCUT2D eigenvalue weighted by Gasteiger charge is 1.96. The standard InChI is InChI=1S/C10H13N2O/c1-9-2-4-10(5-3-9)6-7-12(11)8-13/h2-5H,6-7,11H2,1H3. The maximum absolute atomic E-state index is 10.1. The molecule has 0 heterocycles. The van der Waals surface area contributed by atoms with Gasteiger partial charge in [0.05, 0.1) is 0 Å². The van der Waals surface area contributed by atoms with Crippen LogP contribution in [-0.4, -0.2) is 18.0 Å². The van der Waals surface area contributed by atoms with E-state index in [2.05, 4.69) is 0 Å². The van der Waals surface area contributed by atoms with Crippen molar-refractivity contribution in [2.24, 2.45) is 5.84 Å². The summed E-state index contributed by atoms with van der Waals surface area (Å²) in [5, 5.41) is 1.03. The predicted octanol–water partition coefficient (Wildman–Crippen LogP) is 0.780. The molecule has 1 aromatic carbocycles. The summed E-state index contributed by atoms with van der Waals surface area (Å²) in [5.41, 5.74) is 2.41. The van der Waals surface area contributed by atoms with E-state index < -0.39 is 0 Å². The number of hydrazine groups is 1. The zero-order valence-electron chi connectivity index (χ0n) is 7.66. The Balaban J connectivity index is 2.45. The minimum Gasteiger partial charge on any atom is -0.272 e. The topological polar surface area (TPSA) is 46.3 Å². The maximum Gasteiger partial charge on any atom is 0.327 e. The Kier molecular flexibility index (Phi) is 3.46. The van der Waals surface area contributed by atoms with E-state index in [4.69, 9.17) is 5.84 Å². The van der Waals surface area contributed by atoms with Gasteiger partial charge in [-0.2, -0.15) is 0 Å². The summed E-state index contributed by atoms with van der Waals surface area (Å²) < 4.78 is 0. The Morgan fingerprint density at radius 1 is 1.38 bits per heavy atom. The molecular formula is C10H13N2O. The first kappa shape index (κ1) is 9.74. The molecule has 1 amide bonds.